The van der Waals surface area contributed by atoms with Crippen molar-refractivity contribution in [1.29, 1.82) is 0 Å². The summed E-state index contributed by atoms with van der Waals surface area (Å²) in [6, 6.07) is 3.36. The molecule has 0 aliphatic carbocycles. The van der Waals surface area contributed by atoms with E-state index in [1.165, 1.54) is 18.5 Å². The topological polar surface area (TPSA) is 54.8 Å². The molecule has 142 valence electrons. The van der Waals surface area contributed by atoms with Crippen LogP contribution in [0, 0.1) is 0 Å². The van der Waals surface area contributed by atoms with Gasteiger partial charge in [-0.2, -0.15) is 8.78 Å². The molecule has 0 saturated carbocycles. The van der Waals surface area contributed by atoms with Crippen LogP contribution < -0.4 is 4.90 Å². The monoisotopic (exact) mass is 483 g/mol. The summed E-state index contributed by atoms with van der Waals surface area (Å²) in [5, 5.41) is 0.818. The summed E-state index contributed by atoms with van der Waals surface area (Å²) < 4.78 is 29.4. The Kier molecular flexibility index (Phi) is 5.20. The smallest absolute Gasteiger partial charge is 0.318 e. The molecule has 0 saturated heterocycles. The average molecular weight is 483 g/mol. The fourth-order valence-corrected chi connectivity index (χ4v) is 3.39. The fourth-order valence-electron chi connectivity index (χ4n) is 2.55. The van der Waals surface area contributed by atoms with Gasteiger partial charge in [-0.25, -0.2) is 9.97 Å². The molecule has 5 nitrogen and oxygen atoms in total. The molecule has 0 aliphatic heterocycles. The number of hydrogen-bond acceptors (Lipinski definition) is 5. The quantitative estimate of drug-likeness (QED) is 0.395. The highest BCUT2D eigenvalue weighted by Crippen LogP contribution is 2.43. The molecule has 0 bridgehead atoms. The summed E-state index contributed by atoms with van der Waals surface area (Å²) in [7, 11) is 1.93. The molecule has 0 aliphatic rings. The molecule has 3 rings (SSSR count). The van der Waals surface area contributed by atoms with Crippen LogP contribution in [0.25, 0.3) is 22.3 Å². The number of aromatic nitrogens is 4. The van der Waals surface area contributed by atoms with Crippen LogP contribution in [0.3, 0.4) is 0 Å². The number of hydrogen-bond donors (Lipinski definition) is 0. The van der Waals surface area contributed by atoms with Gasteiger partial charge >= 0.3 is 3.93 Å². The van der Waals surface area contributed by atoms with E-state index in [0.717, 1.165) is 5.39 Å². The molecule has 0 fully saturated rings. The lowest BCUT2D eigenvalue weighted by Gasteiger charge is -2.34. The summed E-state index contributed by atoms with van der Waals surface area (Å²) >= 11 is -1.60. The lowest BCUT2D eigenvalue weighted by molar-refractivity contribution is 0.127. The van der Waals surface area contributed by atoms with Crippen molar-refractivity contribution in [3.05, 3.63) is 42.5 Å². The predicted molar refractivity (Wildman–Crippen MR) is 114 cm³/mol. The van der Waals surface area contributed by atoms with Crippen molar-refractivity contribution in [2.24, 2.45) is 0 Å². The second-order valence-corrected chi connectivity index (χ2v) is 9.16. The van der Waals surface area contributed by atoms with Gasteiger partial charge in [0.05, 0.1) is 17.3 Å². The van der Waals surface area contributed by atoms with E-state index in [1.54, 1.807) is 12.4 Å². The lowest BCUT2D eigenvalue weighted by Crippen LogP contribution is -2.38. The normalized spacial score (nSPS) is 12.4. The third-order valence-corrected chi connectivity index (χ3v) is 5.88. The molecule has 3 aromatic rings. The van der Waals surface area contributed by atoms with Crippen molar-refractivity contribution >= 4 is 42.0 Å². The number of anilines is 1. The first-order chi connectivity index (χ1) is 12.6. The Morgan fingerprint density at radius 2 is 1.70 bits per heavy atom. The van der Waals surface area contributed by atoms with E-state index < -0.39 is 24.7 Å². The van der Waals surface area contributed by atoms with Gasteiger partial charge in [-0.15, -0.1) is 0 Å². The van der Waals surface area contributed by atoms with Gasteiger partial charge in [0.15, 0.2) is 5.82 Å². The molecule has 0 aromatic carbocycles. The van der Waals surface area contributed by atoms with Crippen molar-refractivity contribution in [1.82, 2.24) is 19.9 Å². The van der Waals surface area contributed by atoms with E-state index in [9.17, 15) is 8.78 Å². The fraction of sp³-hybridized carbons (Fsp3) is 0.316. The van der Waals surface area contributed by atoms with E-state index in [2.05, 4.69) is 45.2 Å². The zero-order valence-corrected chi connectivity index (χ0v) is 17.7. The summed E-state index contributed by atoms with van der Waals surface area (Å²) in [6.45, 7) is 6.17. The number of nitrogens with zero attached hydrogens (tertiary/aromatic N) is 5. The van der Waals surface area contributed by atoms with E-state index in [1.807, 2.05) is 18.0 Å². The summed E-state index contributed by atoms with van der Waals surface area (Å²) in [6.07, 6.45) is 5.95. The SMILES string of the molecule is C=IC(F)(F)c1cnccc1-c1nc(N(C)C(C)(C)C)c2ccncc2n1. The first-order valence-electron chi connectivity index (χ1n) is 8.23. The maximum atomic E-state index is 14.5. The van der Waals surface area contributed by atoms with Crippen LogP contribution in [0.15, 0.2) is 36.9 Å². The zero-order valence-electron chi connectivity index (χ0n) is 15.5. The van der Waals surface area contributed by atoms with Crippen LogP contribution >= 0.6 is 20.7 Å². The minimum absolute atomic E-state index is 0.180. The van der Waals surface area contributed by atoms with E-state index >= 15 is 0 Å². The van der Waals surface area contributed by atoms with Crippen molar-refractivity contribution in [3.63, 3.8) is 0 Å². The minimum Gasteiger partial charge on any atom is -0.354 e. The summed E-state index contributed by atoms with van der Waals surface area (Å²) in [4.78, 5) is 19.2. The molecule has 0 radical (unpaired) electrons. The molecule has 0 atom stereocenters. The molecule has 27 heavy (non-hydrogen) atoms. The second kappa shape index (κ2) is 7.14. The zero-order chi connectivity index (χ0) is 19.8. The molecule has 0 spiro atoms. The van der Waals surface area contributed by atoms with Crippen LogP contribution in [-0.2, 0) is 3.93 Å². The van der Waals surface area contributed by atoms with Gasteiger partial charge in [0.25, 0.3) is 0 Å². The third-order valence-electron chi connectivity index (χ3n) is 4.34. The van der Waals surface area contributed by atoms with Crippen LogP contribution in [0.2, 0.25) is 0 Å². The highest BCUT2D eigenvalue weighted by molar-refractivity contribution is 14.2. The lowest BCUT2D eigenvalue weighted by atomic mass is 10.1. The van der Waals surface area contributed by atoms with Crippen molar-refractivity contribution < 1.29 is 8.78 Å². The molecule has 8 heteroatoms. The van der Waals surface area contributed by atoms with Gasteiger partial charge in [-0.3, -0.25) is 9.97 Å². The van der Waals surface area contributed by atoms with Gasteiger partial charge in [0, 0.05) is 42.1 Å². The summed E-state index contributed by atoms with van der Waals surface area (Å²) in [5.41, 5.74) is 0.475. The van der Waals surface area contributed by atoms with Crippen molar-refractivity contribution in [2.45, 2.75) is 30.2 Å². The highest BCUT2D eigenvalue weighted by atomic mass is 127. The molecular weight excluding hydrogens is 463 g/mol. The Morgan fingerprint density at radius 1 is 1.04 bits per heavy atom. The maximum Gasteiger partial charge on any atom is 0.318 e. The number of pyridine rings is 2. The minimum atomic E-state index is -3.01. The van der Waals surface area contributed by atoms with Crippen LogP contribution in [0.1, 0.15) is 26.3 Å². The molecule has 0 amide bonds. The molecule has 0 unspecified atom stereocenters. The Balaban J connectivity index is 2.31. The predicted octanol–water partition coefficient (Wildman–Crippen LogP) is 4.77. The van der Waals surface area contributed by atoms with Crippen LogP contribution in [-0.4, -0.2) is 37.0 Å². The Bertz CT molecular complexity index is 1000. The molecular formula is C19H20F2IN5. The van der Waals surface area contributed by atoms with Gasteiger partial charge < -0.3 is 4.90 Å². The van der Waals surface area contributed by atoms with E-state index in [4.69, 9.17) is 0 Å². The highest BCUT2D eigenvalue weighted by Gasteiger charge is 2.33. The number of halogens is 3. The van der Waals surface area contributed by atoms with Gasteiger partial charge in [-0.1, -0.05) is 4.51 Å². The maximum absolute atomic E-state index is 14.5. The van der Waals surface area contributed by atoms with Crippen LogP contribution in [0.4, 0.5) is 14.6 Å². The third kappa shape index (κ3) is 3.80. The Morgan fingerprint density at radius 3 is 2.37 bits per heavy atom. The van der Waals surface area contributed by atoms with Gasteiger partial charge in [-0.05, 0) is 53.6 Å². The van der Waals surface area contributed by atoms with Gasteiger partial charge in [0.2, 0.25) is 0 Å². The van der Waals surface area contributed by atoms with E-state index in [-0.39, 0.29) is 22.5 Å². The summed E-state index contributed by atoms with van der Waals surface area (Å²) in [5.74, 6) is 0.899. The van der Waals surface area contributed by atoms with E-state index in [0.29, 0.717) is 11.3 Å². The molecule has 3 heterocycles. The number of rotatable bonds is 4. The first-order valence-corrected chi connectivity index (χ1v) is 10.8. The Hall–Kier alpha value is -2.10. The largest absolute Gasteiger partial charge is 0.354 e. The Labute approximate surface area is 166 Å². The first kappa shape index (κ1) is 19.7. The van der Waals surface area contributed by atoms with Crippen molar-refractivity contribution in [3.8, 4) is 11.4 Å². The van der Waals surface area contributed by atoms with Crippen LogP contribution in [0.5, 0.6) is 0 Å². The molecule has 0 N–H and O–H groups in total. The van der Waals surface area contributed by atoms with Crippen molar-refractivity contribution in [2.75, 3.05) is 11.9 Å². The van der Waals surface area contributed by atoms with Gasteiger partial charge in [0.1, 0.15) is 5.82 Å². The molecule has 3 aromatic heterocycles. The number of alkyl halides is 3. The second-order valence-electron chi connectivity index (χ2n) is 7.05. The number of fused-ring (bicyclic) bond motifs is 1. The average Bonchev–Trinajstić information content (AvgIpc) is 2.65. The standard InChI is InChI=1S/C19H20F2IN5/c1-18(2,3)27(5)17-13-7-9-24-11-15(13)25-16(26-17)12-6-8-23-10-14(12)19(20,21)22-4/h6-11H,4H2,1-3,5H3.